The Hall–Kier alpha value is -1.48. The van der Waals surface area contributed by atoms with Crippen molar-refractivity contribution in [3.05, 3.63) is 18.2 Å². The molecule has 0 atom stereocenters. The van der Waals surface area contributed by atoms with Crippen molar-refractivity contribution >= 4 is 10.1 Å². The maximum atomic E-state index is 12.0. The summed E-state index contributed by atoms with van der Waals surface area (Å²) in [5.74, 6) is 0.421. The highest BCUT2D eigenvalue weighted by Gasteiger charge is 2.31. The first-order valence-electron chi connectivity index (χ1n) is 6.05. The average molecular weight is 328 g/mol. The summed E-state index contributed by atoms with van der Waals surface area (Å²) in [7, 11) is -4.52. The van der Waals surface area contributed by atoms with Crippen LogP contribution in [0.3, 0.4) is 0 Å². The van der Waals surface area contributed by atoms with Crippen LogP contribution in [-0.4, -0.2) is 34.4 Å². The number of rotatable bonds is 7. The molecule has 1 aromatic rings. The molecular weight excluding hydrogens is 313 g/mol. The minimum absolute atomic E-state index is 0.121. The minimum Gasteiger partial charge on any atom is -0.490 e. The van der Waals surface area contributed by atoms with Gasteiger partial charge in [-0.3, -0.25) is 4.18 Å². The summed E-state index contributed by atoms with van der Waals surface area (Å²) in [5.41, 5.74) is 0. The average Bonchev–Trinajstić information content (AvgIpc) is 2.38. The molecule has 0 saturated carbocycles. The molecule has 0 unspecified atom stereocenters. The van der Waals surface area contributed by atoms with Crippen LogP contribution in [0.1, 0.15) is 13.8 Å². The van der Waals surface area contributed by atoms with E-state index in [1.54, 1.807) is 13.8 Å². The fraction of sp³-hybridized carbons (Fsp3) is 0.500. The summed E-state index contributed by atoms with van der Waals surface area (Å²) in [6.07, 6.45) is -4.74. The zero-order valence-electron chi connectivity index (χ0n) is 11.4. The van der Waals surface area contributed by atoms with Gasteiger partial charge in [0.2, 0.25) is 0 Å². The van der Waals surface area contributed by atoms with Gasteiger partial charge in [0.05, 0.1) is 18.1 Å². The van der Waals surface area contributed by atoms with E-state index in [9.17, 15) is 21.6 Å². The van der Waals surface area contributed by atoms with Crippen LogP contribution in [0.4, 0.5) is 13.2 Å². The highest BCUT2D eigenvalue weighted by atomic mass is 32.2. The summed E-state index contributed by atoms with van der Waals surface area (Å²) >= 11 is 0. The van der Waals surface area contributed by atoms with Gasteiger partial charge in [-0.2, -0.15) is 21.6 Å². The fourth-order valence-electron chi connectivity index (χ4n) is 1.40. The Balaban J connectivity index is 3.04. The summed E-state index contributed by atoms with van der Waals surface area (Å²) in [6, 6.07) is 3.47. The van der Waals surface area contributed by atoms with Crippen molar-refractivity contribution < 1.29 is 35.2 Å². The Labute approximate surface area is 120 Å². The standard InChI is InChI=1S/C12H15F3O5S/c1-3-18-10-6-5-9(7-11(10)19-4-2)21(16,17)20-8-12(13,14)15/h5-7H,3-4,8H2,1-2H3. The van der Waals surface area contributed by atoms with Crippen molar-refractivity contribution in [2.24, 2.45) is 0 Å². The van der Waals surface area contributed by atoms with Gasteiger partial charge in [0.25, 0.3) is 10.1 Å². The summed E-state index contributed by atoms with van der Waals surface area (Å²) < 4.78 is 73.9. The van der Waals surface area contributed by atoms with Crippen LogP contribution in [0.15, 0.2) is 23.1 Å². The minimum atomic E-state index is -4.74. The van der Waals surface area contributed by atoms with E-state index in [1.807, 2.05) is 0 Å². The largest absolute Gasteiger partial charge is 0.490 e. The molecule has 0 radical (unpaired) electrons. The van der Waals surface area contributed by atoms with Gasteiger partial charge in [-0.15, -0.1) is 0 Å². The first-order chi connectivity index (χ1) is 9.69. The Morgan fingerprint density at radius 3 is 2.14 bits per heavy atom. The van der Waals surface area contributed by atoms with E-state index in [0.717, 1.165) is 12.1 Å². The first kappa shape index (κ1) is 17.6. The summed E-state index contributed by atoms with van der Waals surface area (Å²) in [5, 5.41) is 0. The predicted molar refractivity (Wildman–Crippen MR) is 68.0 cm³/mol. The van der Waals surface area contributed by atoms with Gasteiger partial charge < -0.3 is 9.47 Å². The van der Waals surface area contributed by atoms with E-state index in [0.29, 0.717) is 12.4 Å². The van der Waals surface area contributed by atoms with E-state index in [4.69, 9.17) is 9.47 Å². The van der Waals surface area contributed by atoms with Gasteiger partial charge in [0, 0.05) is 6.07 Å². The van der Waals surface area contributed by atoms with Crippen LogP contribution in [0.2, 0.25) is 0 Å². The van der Waals surface area contributed by atoms with Crippen molar-refractivity contribution in [3.8, 4) is 11.5 Å². The molecule has 120 valence electrons. The van der Waals surface area contributed by atoms with Gasteiger partial charge in [0.1, 0.15) is 0 Å². The van der Waals surface area contributed by atoms with Crippen LogP contribution in [0.25, 0.3) is 0 Å². The van der Waals surface area contributed by atoms with Crippen LogP contribution in [0.5, 0.6) is 11.5 Å². The Kier molecular flexibility index (Phi) is 5.85. The molecule has 1 rings (SSSR count). The molecule has 0 aliphatic heterocycles. The number of halogens is 3. The van der Waals surface area contributed by atoms with Crippen molar-refractivity contribution in [3.63, 3.8) is 0 Å². The highest BCUT2D eigenvalue weighted by Crippen LogP contribution is 2.31. The lowest BCUT2D eigenvalue weighted by atomic mass is 10.3. The van der Waals surface area contributed by atoms with E-state index >= 15 is 0 Å². The maximum Gasteiger partial charge on any atom is 0.413 e. The van der Waals surface area contributed by atoms with Crippen molar-refractivity contribution in [2.75, 3.05) is 19.8 Å². The maximum absolute atomic E-state index is 12.0. The highest BCUT2D eigenvalue weighted by molar-refractivity contribution is 7.86. The Morgan fingerprint density at radius 1 is 1.05 bits per heavy atom. The molecule has 0 saturated heterocycles. The van der Waals surface area contributed by atoms with Crippen molar-refractivity contribution in [1.29, 1.82) is 0 Å². The predicted octanol–water partition coefficient (Wildman–Crippen LogP) is 2.75. The van der Waals surface area contributed by atoms with Gasteiger partial charge in [-0.05, 0) is 26.0 Å². The number of hydrogen-bond donors (Lipinski definition) is 0. The second-order valence-corrected chi connectivity index (χ2v) is 5.42. The molecule has 0 bridgehead atoms. The third-order valence-electron chi connectivity index (χ3n) is 2.18. The van der Waals surface area contributed by atoms with E-state index in [-0.39, 0.29) is 12.4 Å². The first-order valence-corrected chi connectivity index (χ1v) is 7.46. The topological polar surface area (TPSA) is 61.8 Å². The lowest BCUT2D eigenvalue weighted by molar-refractivity contribution is -0.152. The second kappa shape index (κ2) is 6.99. The lowest BCUT2D eigenvalue weighted by Gasteiger charge is -2.13. The third kappa shape index (κ3) is 5.43. The molecular formula is C12H15F3O5S. The number of hydrogen-bond acceptors (Lipinski definition) is 5. The van der Waals surface area contributed by atoms with Gasteiger partial charge in [-0.1, -0.05) is 0 Å². The van der Waals surface area contributed by atoms with E-state index in [1.165, 1.54) is 6.07 Å². The summed E-state index contributed by atoms with van der Waals surface area (Å²) in [4.78, 5) is -0.432. The molecule has 0 aromatic heterocycles. The third-order valence-corrected chi connectivity index (χ3v) is 3.44. The molecule has 0 heterocycles. The summed E-state index contributed by atoms with van der Waals surface area (Å²) in [6.45, 7) is 2.10. The van der Waals surface area contributed by atoms with Crippen molar-refractivity contribution in [1.82, 2.24) is 0 Å². The number of ether oxygens (including phenoxy) is 2. The fourth-order valence-corrected chi connectivity index (χ4v) is 2.31. The normalized spacial score (nSPS) is 12.2. The van der Waals surface area contributed by atoms with E-state index in [2.05, 4.69) is 4.18 Å². The van der Waals surface area contributed by atoms with Crippen LogP contribution in [0, 0.1) is 0 Å². The Bertz CT molecular complexity index is 569. The van der Waals surface area contributed by atoms with Crippen LogP contribution >= 0.6 is 0 Å². The van der Waals surface area contributed by atoms with Gasteiger partial charge >= 0.3 is 6.18 Å². The second-order valence-electron chi connectivity index (χ2n) is 3.81. The molecule has 0 spiro atoms. The molecule has 0 aliphatic carbocycles. The molecule has 5 nitrogen and oxygen atoms in total. The van der Waals surface area contributed by atoms with E-state index < -0.39 is 27.8 Å². The molecule has 0 N–H and O–H groups in total. The Morgan fingerprint density at radius 2 is 1.62 bits per heavy atom. The molecule has 0 fully saturated rings. The van der Waals surface area contributed by atoms with Gasteiger partial charge in [0.15, 0.2) is 18.1 Å². The van der Waals surface area contributed by atoms with Crippen LogP contribution in [-0.2, 0) is 14.3 Å². The quantitative estimate of drug-likeness (QED) is 0.720. The SMILES string of the molecule is CCOc1ccc(S(=O)(=O)OCC(F)(F)F)cc1OCC. The molecule has 0 aliphatic rings. The number of benzene rings is 1. The monoisotopic (exact) mass is 328 g/mol. The van der Waals surface area contributed by atoms with Gasteiger partial charge in [-0.25, -0.2) is 0 Å². The molecule has 21 heavy (non-hydrogen) atoms. The molecule has 0 amide bonds. The number of alkyl halides is 3. The lowest BCUT2D eigenvalue weighted by Crippen LogP contribution is -2.20. The molecule has 9 heteroatoms. The smallest absolute Gasteiger partial charge is 0.413 e. The van der Waals surface area contributed by atoms with Crippen LogP contribution < -0.4 is 9.47 Å². The van der Waals surface area contributed by atoms with Crippen molar-refractivity contribution in [2.45, 2.75) is 24.9 Å². The molecule has 1 aromatic carbocycles. The zero-order valence-corrected chi connectivity index (χ0v) is 12.3. The zero-order chi connectivity index (χ0) is 16.1.